The van der Waals surface area contributed by atoms with Crippen LogP contribution in [0.5, 0.6) is 0 Å². The molecule has 1 atom stereocenters. The van der Waals surface area contributed by atoms with Crippen molar-refractivity contribution in [2.24, 2.45) is 0 Å². The van der Waals surface area contributed by atoms with E-state index in [9.17, 15) is 9.59 Å². The first-order valence-electron chi connectivity index (χ1n) is 5.33. The molecule has 17 heavy (non-hydrogen) atoms. The van der Waals surface area contributed by atoms with E-state index in [4.69, 9.17) is 0 Å². The van der Waals surface area contributed by atoms with Gasteiger partial charge >= 0.3 is 0 Å². The molecule has 5 nitrogen and oxygen atoms in total. The van der Waals surface area contributed by atoms with Crippen LogP contribution in [0.2, 0.25) is 0 Å². The van der Waals surface area contributed by atoms with Gasteiger partial charge in [0.1, 0.15) is 0 Å². The Bertz CT molecular complexity index is 379. The first kappa shape index (κ1) is 13.2. The van der Waals surface area contributed by atoms with Crippen LogP contribution in [-0.2, 0) is 16.1 Å². The SMILES string of the molecule is CNC(NC(C)=O)C(=O)[N]Cc1ccccc1. The van der Waals surface area contributed by atoms with E-state index in [0.717, 1.165) is 5.56 Å². The molecule has 0 aromatic heterocycles. The van der Waals surface area contributed by atoms with Crippen LogP contribution in [0.1, 0.15) is 12.5 Å². The zero-order chi connectivity index (χ0) is 12.7. The van der Waals surface area contributed by atoms with Crippen LogP contribution in [0, 0.1) is 0 Å². The topological polar surface area (TPSA) is 72.3 Å². The van der Waals surface area contributed by atoms with Crippen LogP contribution in [0.25, 0.3) is 0 Å². The Labute approximate surface area is 101 Å². The molecule has 0 aliphatic carbocycles. The molecule has 2 N–H and O–H groups in total. The summed E-state index contributed by atoms with van der Waals surface area (Å²) < 4.78 is 0. The third kappa shape index (κ3) is 4.65. The third-order valence-electron chi connectivity index (χ3n) is 2.14. The summed E-state index contributed by atoms with van der Waals surface area (Å²) in [6.45, 7) is 1.67. The number of likely N-dealkylation sites (N-methyl/N-ethyl adjacent to an activating group) is 1. The summed E-state index contributed by atoms with van der Waals surface area (Å²) >= 11 is 0. The average Bonchev–Trinajstić information content (AvgIpc) is 2.34. The largest absolute Gasteiger partial charge is 0.333 e. The maximum Gasteiger partial charge on any atom is 0.279 e. The predicted molar refractivity (Wildman–Crippen MR) is 64.0 cm³/mol. The summed E-state index contributed by atoms with van der Waals surface area (Å²) in [5, 5.41) is 9.07. The van der Waals surface area contributed by atoms with Crippen molar-refractivity contribution >= 4 is 11.8 Å². The van der Waals surface area contributed by atoms with Gasteiger partial charge < -0.3 is 5.32 Å². The molecule has 1 aromatic rings. The minimum absolute atomic E-state index is 0.271. The van der Waals surface area contributed by atoms with Gasteiger partial charge in [-0.15, -0.1) is 0 Å². The van der Waals surface area contributed by atoms with Gasteiger partial charge in [0.2, 0.25) is 5.91 Å². The molecular weight excluding hydrogens is 218 g/mol. The van der Waals surface area contributed by atoms with Gasteiger partial charge in [0, 0.05) is 6.92 Å². The molecule has 0 aliphatic heterocycles. The molecule has 0 aliphatic rings. The Hall–Kier alpha value is -1.88. The molecule has 1 rings (SSSR count). The van der Waals surface area contributed by atoms with Crippen molar-refractivity contribution in [3.05, 3.63) is 35.9 Å². The Kier molecular flexibility index (Phi) is 5.16. The fourth-order valence-electron chi connectivity index (χ4n) is 1.30. The molecule has 0 saturated heterocycles. The summed E-state index contributed by atoms with van der Waals surface area (Å²) in [5.74, 6) is -0.654. The van der Waals surface area contributed by atoms with Crippen LogP contribution in [-0.4, -0.2) is 25.0 Å². The minimum Gasteiger partial charge on any atom is -0.333 e. The first-order valence-corrected chi connectivity index (χ1v) is 5.33. The lowest BCUT2D eigenvalue weighted by Crippen LogP contribution is -2.51. The molecule has 0 spiro atoms. The van der Waals surface area contributed by atoms with E-state index < -0.39 is 6.17 Å². The molecule has 0 heterocycles. The van der Waals surface area contributed by atoms with Crippen molar-refractivity contribution in [3.63, 3.8) is 0 Å². The third-order valence-corrected chi connectivity index (χ3v) is 2.14. The molecule has 0 fully saturated rings. The molecule has 1 radical (unpaired) electrons. The van der Waals surface area contributed by atoms with Crippen LogP contribution in [0.4, 0.5) is 0 Å². The molecule has 0 saturated carbocycles. The first-order chi connectivity index (χ1) is 8.13. The number of nitrogens with one attached hydrogen (secondary N) is 2. The monoisotopic (exact) mass is 234 g/mol. The molecule has 0 bridgehead atoms. The number of rotatable bonds is 5. The number of carbonyl (C=O) groups excluding carboxylic acids is 2. The van der Waals surface area contributed by atoms with Gasteiger partial charge in [-0.2, -0.15) is 0 Å². The second-order valence-corrected chi connectivity index (χ2v) is 3.56. The van der Waals surface area contributed by atoms with Crippen molar-refractivity contribution in [1.29, 1.82) is 0 Å². The Morgan fingerprint density at radius 1 is 1.29 bits per heavy atom. The van der Waals surface area contributed by atoms with Gasteiger partial charge in [-0.1, -0.05) is 30.3 Å². The van der Waals surface area contributed by atoms with Gasteiger partial charge in [-0.3, -0.25) is 14.9 Å². The molecule has 5 heteroatoms. The molecule has 2 amide bonds. The average molecular weight is 234 g/mol. The summed E-state index contributed by atoms with van der Waals surface area (Å²) in [6, 6.07) is 9.46. The van der Waals surface area contributed by atoms with Crippen molar-refractivity contribution in [3.8, 4) is 0 Å². The molecule has 91 valence electrons. The zero-order valence-corrected chi connectivity index (χ0v) is 9.93. The standard InChI is InChI=1S/C12H16N3O2/c1-9(16)15-11(13-2)12(17)14-8-10-6-4-3-5-7-10/h3-7,11,13H,8H2,1-2H3,(H,15,16). The van der Waals surface area contributed by atoms with E-state index in [2.05, 4.69) is 16.0 Å². The zero-order valence-electron chi connectivity index (χ0n) is 9.93. The quantitative estimate of drug-likeness (QED) is 0.704. The fourth-order valence-corrected chi connectivity index (χ4v) is 1.30. The lowest BCUT2D eigenvalue weighted by molar-refractivity contribution is -0.129. The highest BCUT2D eigenvalue weighted by Crippen LogP contribution is 1.98. The minimum atomic E-state index is -0.754. The van der Waals surface area contributed by atoms with Crippen molar-refractivity contribution in [2.45, 2.75) is 19.6 Å². The number of hydrogen-bond donors (Lipinski definition) is 2. The van der Waals surface area contributed by atoms with E-state index in [1.807, 2.05) is 30.3 Å². The van der Waals surface area contributed by atoms with Gasteiger partial charge in [-0.25, -0.2) is 5.32 Å². The van der Waals surface area contributed by atoms with Crippen LogP contribution >= 0.6 is 0 Å². The second-order valence-electron chi connectivity index (χ2n) is 3.56. The summed E-state index contributed by atoms with van der Waals surface area (Å²) in [4.78, 5) is 22.5. The van der Waals surface area contributed by atoms with Crippen LogP contribution in [0.15, 0.2) is 30.3 Å². The Morgan fingerprint density at radius 3 is 2.47 bits per heavy atom. The van der Waals surface area contributed by atoms with E-state index in [1.54, 1.807) is 7.05 Å². The highest BCUT2D eigenvalue weighted by atomic mass is 16.2. The molecule has 1 aromatic carbocycles. The normalized spacial score (nSPS) is 11.6. The van der Waals surface area contributed by atoms with Gasteiger partial charge in [0.15, 0.2) is 6.17 Å². The van der Waals surface area contributed by atoms with Gasteiger partial charge in [0.25, 0.3) is 5.91 Å². The number of carbonyl (C=O) groups is 2. The summed E-state index contributed by atoms with van der Waals surface area (Å²) in [7, 11) is 1.59. The highest BCUT2D eigenvalue weighted by molar-refractivity contribution is 5.86. The summed E-state index contributed by atoms with van der Waals surface area (Å²) in [6.07, 6.45) is -0.754. The van der Waals surface area contributed by atoms with Gasteiger partial charge in [0.05, 0.1) is 6.54 Å². The number of hydrogen-bond acceptors (Lipinski definition) is 3. The van der Waals surface area contributed by atoms with Crippen LogP contribution in [0.3, 0.4) is 0 Å². The van der Waals surface area contributed by atoms with E-state index in [1.165, 1.54) is 6.92 Å². The van der Waals surface area contributed by atoms with E-state index in [-0.39, 0.29) is 11.8 Å². The maximum atomic E-state index is 11.6. The van der Waals surface area contributed by atoms with Crippen LogP contribution < -0.4 is 16.0 Å². The van der Waals surface area contributed by atoms with Crippen molar-refractivity contribution in [1.82, 2.24) is 16.0 Å². The molecule has 1 unspecified atom stereocenters. The predicted octanol–water partition coefficient (Wildman–Crippen LogP) is -0.000800. The van der Waals surface area contributed by atoms with Crippen molar-refractivity contribution < 1.29 is 9.59 Å². The summed E-state index contributed by atoms with van der Waals surface area (Å²) in [5.41, 5.74) is 0.957. The number of nitrogens with zero attached hydrogens (tertiary/aromatic N) is 1. The van der Waals surface area contributed by atoms with Crippen molar-refractivity contribution in [2.75, 3.05) is 7.05 Å². The maximum absolute atomic E-state index is 11.6. The second kappa shape index (κ2) is 6.65. The van der Waals surface area contributed by atoms with E-state index in [0.29, 0.717) is 6.54 Å². The fraction of sp³-hybridized carbons (Fsp3) is 0.333. The Morgan fingerprint density at radius 2 is 1.94 bits per heavy atom. The number of benzene rings is 1. The highest BCUT2D eigenvalue weighted by Gasteiger charge is 2.17. The van der Waals surface area contributed by atoms with Gasteiger partial charge in [-0.05, 0) is 12.6 Å². The number of amides is 2. The lowest BCUT2D eigenvalue weighted by Gasteiger charge is -2.14. The molecular formula is C12H16N3O2. The lowest BCUT2D eigenvalue weighted by atomic mass is 10.2. The van der Waals surface area contributed by atoms with E-state index >= 15 is 0 Å². The Balaban J connectivity index is 2.45. The smallest absolute Gasteiger partial charge is 0.279 e.